The molecule has 5 nitrogen and oxygen atoms in total. The topological polar surface area (TPSA) is 61.8 Å². The second kappa shape index (κ2) is 8.03. The maximum absolute atomic E-state index is 12.4. The molecule has 1 saturated heterocycles. The number of likely N-dealkylation sites (tertiary alicyclic amines) is 1. The molecule has 132 valence electrons. The minimum absolute atomic E-state index is 0.0813. The minimum atomic E-state index is -0.295. The van der Waals surface area contributed by atoms with Gasteiger partial charge >= 0.3 is 0 Å². The van der Waals surface area contributed by atoms with Gasteiger partial charge in [-0.3, -0.25) is 9.69 Å². The van der Waals surface area contributed by atoms with Gasteiger partial charge in [-0.2, -0.15) is 0 Å². The molecule has 1 aliphatic rings. The molecule has 1 heterocycles. The van der Waals surface area contributed by atoms with E-state index in [1.807, 2.05) is 18.2 Å². The zero-order valence-electron chi connectivity index (χ0n) is 14.5. The number of aromatic hydroxyl groups is 1. The van der Waals surface area contributed by atoms with Crippen LogP contribution in [-0.4, -0.2) is 36.1 Å². The van der Waals surface area contributed by atoms with E-state index in [4.69, 9.17) is 4.74 Å². The van der Waals surface area contributed by atoms with Crippen molar-refractivity contribution in [2.75, 3.05) is 20.2 Å². The molecule has 0 unspecified atom stereocenters. The van der Waals surface area contributed by atoms with Gasteiger partial charge in [0, 0.05) is 19.2 Å². The second-order valence-corrected chi connectivity index (χ2v) is 6.32. The second-order valence-electron chi connectivity index (χ2n) is 6.32. The summed E-state index contributed by atoms with van der Waals surface area (Å²) in [7, 11) is 1.52. The molecule has 2 N–H and O–H groups in total. The Hall–Kier alpha value is -2.53. The van der Waals surface area contributed by atoms with E-state index in [2.05, 4.69) is 16.3 Å². The number of phenols is 1. The quantitative estimate of drug-likeness (QED) is 0.849. The number of hydrogen-bond donors (Lipinski definition) is 2. The van der Waals surface area contributed by atoms with Crippen molar-refractivity contribution in [2.45, 2.75) is 25.9 Å². The van der Waals surface area contributed by atoms with Gasteiger partial charge in [-0.05, 0) is 49.2 Å². The summed E-state index contributed by atoms with van der Waals surface area (Å²) in [6.45, 7) is 3.63. The average Bonchev–Trinajstić information content (AvgIpc) is 3.13. The highest BCUT2D eigenvalue weighted by molar-refractivity contribution is 5.96. The Bertz CT molecular complexity index is 739. The summed E-state index contributed by atoms with van der Waals surface area (Å²) in [6, 6.07) is 12.8. The number of rotatable bonds is 6. The number of nitrogens with zero attached hydrogens (tertiary/aromatic N) is 1. The lowest BCUT2D eigenvalue weighted by Crippen LogP contribution is -2.25. The first kappa shape index (κ1) is 17.3. The largest absolute Gasteiger partial charge is 0.507 e. The van der Waals surface area contributed by atoms with Crippen molar-refractivity contribution in [3.63, 3.8) is 0 Å². The summed E-state index contributed by atoms with van der Waals surface area (Å²) >= 11 is 0. The molecule has 0 atom stereocenters. The highest BCUT2D eigenvalue weighted by Crippen LogP contribution is 2.23. The van der Waals surface area contributed by atoms with Crippen LogP contribution in [0.2, 0.25) is 0 Å². The highest BCUT2D eigenvalue weighted by Gasteiger charge is 2.15. The lowest BCUT2D eigenvalue weighted by Gasteiger charge is -2.18. The Morgan fingerprint density at radius 1 is 1.16 bits per heavy atom. The molecule has 1 amide bonds. The fourth-order valence-corrected chi connectivity index (χ4v) is 3.17. The number of benzene rings is 2. The zero-order chi connectivity index (χ0) is 17.6. The molecule has 0 spiro atoms. The molecule has 0 aliphatic carbocycles. The number of phenolic OH excluding ortho intramolecular Hbond substituents is 1. The fourth-order valence-electron chi connectivity index (χ4n) is 3.17. The Morgan fingerprint density at radius 3 is 2.56 bits per heavy atom. The van der Waals surface area contributed by atoms with E-state index in [1.165, 1.54) is 31.6 Å². The standard InChI is InChI=1S/C20H24N2O3/c1-25-17-8-9-18(19(23)12-17)20(24)21-13-15-6-2-3-7-16(15)14-22-10-4-5-11-22/h2-3,6-9,12,23H,4-5,10-11,13-14H2,1H3,(H,21,24). The number of methoxy groups -OCH3 is 1. The van der Waals surface area contributed by atoms with Crippen molar-refractivity contribution in [2.24, 2.45) is 0 Å². The average molecular weight is 340 g/mol. The van der Waals surface area contributed by atoms with Gasteiger partial charge in [-0.1, -0.05) is 24.3 Å². The summed E-state index contributed by atoms with van der Waals surface area (Å²) < 4.78 is 5.04. The van der Waals surface area contributed by atoms with E-state index in [0.717, 1.165) is 25.2 Å². The Morgan fingerprint density at radius 2 is 1.88 bits per heavy atom. The minimum Gasteiger partial charge on any atom is -0.507 e. The maximum Gasteiger partial charge on any atom is 0.255 e. The number of carbonyl (C=O) groups excluding carboxylic acids is 1. The third-order valence-corrected chi connectivity index (χ3v) is 4.60. The van der Waals surface area contributed by atoms with Crippen LogP contribution in [0, 0.1) is 0 Å². The van der Waals surface area contributed by atoms with Crippen LogP contribution in [0.4, 0.5) is 0 Å². The molecule has 25 heavy (non-hydrogen) atoms. The van der Waals surface area contributed by atoms with Crippen LogP contribution in [0.15, 0.2) is 42.5 Å². The summed E-state index contributed by atoms with van der Waals surface area (Å²) in [6.07, 6.45) is 2.52. The van der Waals surface area contributed by atoms with E-state index < -0.39 is 0 Å². The summed E-state index contributed by atoms with van der Waals surface area (Å²) in [5.41, 5.74) is 2.59. The first-order valence-electron chi connectivity index (χ1n) is 8.61. The van der Waals surface area contributed by atoms with Crippen LogP contribution < -0.4 is 10.1 Å². The van der Waals surface area contributed by atoms with Crippen molar-refractivity contribution < 1.29 is 14.6 Å². The fraction of sp³-hybridized carbons (Fsp3) is 0.350. The van der Waals surface area contributed by atoms with Crippen LogP contribution in [-0.2, 0) is 13.1 Å². The third-order valence-electron chi connectivity index (χ3n) is 4.60. The first-order chi connectivity index (χ1) is 12.2. The predicted molar refractivity (Wildman–Crippen MR) is 96.8 cm³/mol. The summed E-state index contributed by atoms with van der Waals surface area (Å²) in [5, 5.41) is 12.9. The zero-order valence-corrected chi connectivity index (χ0v) is 14.5. The van der Waals surface area contributed by atoms with Crippen LogP contribution in [0.1, 0.15) is 34.3 Å². The number of hydrogen-bond acceptors (Lipinski definition) is 4. The van der Waals surface area contributed by atoms with Crippen LogP contribution in [0.3, 0.4) is 0 Å². The molecule has 0 saturated carbocycles. The molecule has 1 aliphatic heterocycles. The summed E-state index contributed by atoms with van der Waals surface area (Å²) in [5.74, 6) is 0.142. The molecule has 1 fully saturated rings. The van der Waals surface area contributed by atoms with Gasteiger partial charge in [0.15, 0.2) is 0 Å². The Kier molecular flexibility index (Phi) is 5.56. The lowest BCUT2D eigenvalue weighted by atomic mass is 10.1. The van der Waals surface area contributed by atoms with Crippen LogP contribution in [0.25, 0.3) is 0 Å². The number of nitrogens with one attached hydrogen (secondary N) is 1. The van der Waals surface area contributed by atoms with E-state index in [-0.39, 0.29) is 17.2 Å². The molecular weight excluding hydrogens is 316 g/mol. The Balaban J connectivity index is 1.66. The van der Waals surface area contributed by atoms with Gasteiger partial charge in [0.05, 0.1) is 12.7 Å². The molecular formula is C20H24N2O3. The van der Waals surface area contributed by atoms with Gasteiger partial charge in [-0.25, -0.2) is 0 Å². The monoisotopic (exact) mass is 340 g/mol. The molecule has 0 bridgehead atoms. The van der Waals surface area contributed by atoms with E-state index >= 15 is 0 Å². The lowest BCUT2D eigenvalue weighted by molar-refractivity contribution is 0.0948. The van der Waals surface area contributed by atoms with Gasteiger partial charge in [0.2, 0.25) is 0 Å². The number of carbonyl (C=O) groups is 1. The molecule has 2 aromatic carbocycles. The van der Waals surface area contributed by atoms with Crippen molar-refractivity contribution in [3.8, 4) is 11.5 Å². The van der Waals surface area contributed by atoms with E-state index in [1.54, 1.807) is 12.1 Å². The molecule has 0 aromatic heterocycles. The van der Waals surface area contributed by atoms with Gasteiger partial charge in [0.25, 0.3) is 5.91 Å². The van der Waals surface area contributed by atoms with E-state index in [0.29, 0.717) is 12.3 Å². The van der Waals surface area contributed by atoms with Crippen LogP contribution in [0.5, 0.6) is 11.5 Å². The SMILES string of the molecule is COc1ccc(C(=O)NCc2ccccc2CN2CCCC2)c(O)c1. The molecule has 5 heteroatoms. The van der Waals surface area contributed by atoms with Crippen molar-refractivity contribution >= 4 is 5.91 Å². The van der Waals surface area contributed by atoms with E-state index in [9.17, 15) is 9.90 Å². The highest BCUT2D eigenvalue weighted by atomic mass is 16.5. The van der Waals surface area contributed by atoms with Gasteiger partial charge < -0.3 is 15.2 Å². The smallest absolute Gasteiger partial charge is 0.255 e. The summed E-state index contributed by atoms with van der Waals surface area (Å²) in [4.78, 5) is 14.8. The first-order valence-corrected chi connectivity index (χ1v) is 8.61. The van der Waals surface area contributed by atoms with Gasteiger partial charge in [0.1, 0.15) is 11.5 Å². The molecule has 0 radical (unpaired) electrons. The number of ether oxygens (including phenoxy) is 1. The van der Waals surface area contributed by atoms with Crippen molar-refractivity contribution in [1.29, 1.82) is 0 Å². The van der Waals surface area contributed by atoms with Crippen LogP contribution >= 0.6 is 0 Å². The maximum atomic E-state index is 12.4. The van der Waals surface area contributed by atoms with Gasteiger partial charge in [-0.15, -0.1) is 0 Å². The van der Waals surface area contributed by atoms with Crippen molar-refractivity contribution in [3.05, 3.63) is 59.2 Å². The Labute approximate surface area is 148 Å². The molecule has 3 rings (SSSR count). The van der Waals surface area contributed by atoms with Crippen molar-refractivity contribution in [1.82, 2.24) is 10.2 Å². The molecule has 2 aromatic rings. The third kappa shape index (κ3) is 4.31. The number of amides is 1. The normalized spacial score (nSPS) is 14.4. The predicted octanol–water partition coefficient (Wildman–Crippen LogP) is 2.93.